The van der Waals surface area contributed by atoms with Crippen LogP contribution in [0.1, 0.15) is 15.9 Å². The van der Waals surface area contributed by atoms with E-state index in [0.717, 1.165) is 19.6 Å². The van der Waals surface area contributed by atoms with Crippen LogP contribution in [0.2, 0.25) is 0 Å². The van der Waals surface area contributed by atoms with Crippen LogP contribution in [-0.4, -0.2) is 48.5 Å². The molecule has 3 aromatic rings. The van der Waals surface area contributed by atoms with Crippen LogP contribution in [-0.2, 0) is 6.54 Å². The first-order valence-electron chi connectivity index (χ1n) is 9.64. The molecule has 0 spiro atoms. The third-order valence-corrected chi connectivity index (χ3v) is 5.27. The molecule has 0 aromatic heterocycles. The molecule has 1 aliphatic rings. The Bertz CT molecular complexity index is 996. The second kappa shape index (κ2) is 8.57. The fourth-order valence-corrected chi connectivity index (χ4v) is 3.79. The maximum atomic E-state index is 12.8. The molecule has 0 saturated carbocycles. The van der Waals surface area contributed by atoms with Crippen LogP contribution in [0, 0.1) is 0 Å². The third-order valence-electron chi connectivity index (χ3n) is 5.27. The second-order valence-corrected chi connectivity index (χ2v) is 7.08. The summed E-state index contributed by atoms with van der Waals surface area (Å²) in [7, 11) is 0. The van der Waals surface area contributed by atoms with Crippen LogP contribution < -0.4 is 4.74 Å². The van der Waals surface area contributed by atoms with E-state index in [1.807, 2.05) is 12.1 Å². The number of alkyl halides is 2. The molecule has 1 amide bonds. The summed E-state index contributed by atoms with van der Waals surface area (Å²) in [5.41, 5.74) is 1.44. The summed E-state index contributed by atoms with van der Waals surface area (Å²) >= 11 is 0. The molecule has 1 fully saturated rings. The van der Waals surface area contributed by atoms with Crippen molar-refractivity contribution in [1.29, 1.82) is 0 Å². The van der Waals surface area contributed by atoms with E-state index in [2.05, 4.69) is 40.0 Å². The van der Waals surface area contributed by atoms with Gasteiger partial charge >= 0.3 is 6.61 Å². The molecule has 0 N–H and O–H groups in total. The molecule has 0 radical (unpaired) electrons. The van der Waals surface area contributed by atoms with E-state index < -0.39 is 6.61 Å². The normalized spacial score (nSPS) is 15.1. The van der Waals surface area contributed by atoms with E-state index >= 15 is 0 Å². The van der Waals surface area contributed by atoms with Crippen molar-refractivity contribution in [2.45, 2.75) is 13.2 Å². The van der Waals surface area contributed by atoms with E-state index in [1.54, 1.807) is 17.0 Å². The smallest absolute Gasteiger partial charge is 0.387 e. The van der Waals surface area contributed by atoms with E-state index in [4.69, 9.17) is 0 Å². The molecule has 0 aliphatic carbocycles. The standard InChI is InChI=1S/C23H22F2N2O2/c24-23(25)29-21-11-4-3-10-20(21)22(28)27-14-12-26(13-15-27)16-18-8-5-7-17-6-1-2-9-19(17)18/h1-11,23H,12-16H2. The zero-order valence-corrected chi connectivity index (χ0v) is 15.9. The number of fused-ring (bicyclic) bond motifs is 1. The van der Waals surface area contributed by atoms with Crippen LogP contribution >= 0.6 is 0 Å². The van der Waals surface area contributed by atoms with Gasteiger partial charge in [0.15, 0.2) is 0 Å². The SMILES string of the molecule is O=C(c1ccccc1OC(F)F)N1CCN(Cc2cccc3ccccc23)CC1. The molecule has 4 nitrogen and oxygen atoms in total. The van der Waals surface area contributed by atoms with Crippen LogP contribution in [0.4, 0.5) is 8.78 Å². The van der Waals surface area contributed by atoms with E-state index in [9.17, 15) is 13.6 Å². The number of carbonyl (C=O) groups is 1. The zero-order chi connectivity index (χ0) is 20.2. The minimum atomic E-state index is -2.96. The van der Waals surface area contributed by atoms with Crippen molar-refractivity contribution in [1.82, 2.24) is 9.80 Å². The van der Waals surface area contributed by atoms with Gasteiger partial charge < -0.3 is 9.64 Å². The van der Waals surface area contributed by atoms with Gasteiger partial charge in [-0.1, -0.05) is 54.6 Å². The molecule has 0 atom stereocenters. The highest BCUT2D eigenvalue weighted by Crippen LogP contribution is 2.24. The maximum absolute atomic E-state index is 12.8. The van der Waals surface area contributed by atoms with E-state index in [1.165, 1.54) is 28.5 Å². The molecule has 150 valence electrons. The van der Waals surface area contributed by atoms with Gasteiger partial charge in [0.2, 0.25) is 0 Å². The summed E-state index contributed by atoms with van der Waals surface area (Å²) in [5, 5.41) is 2.46. The van der Waals surface area contributed by atoms with Gasteiger partial charge in [-0.25, -0.2) is 0 Å². The number of para-hydroxylation sites is 1. The summed E-state index contributed by atoms with van der Waals surface area (Å²) in [5.74, 6) is -0.350. The molecule has 1 saturated heterocycles. The Balaban J connectivity index is 1.41. The number of hydrogen-bond donors (Lipinski definition) is 0. The summed E-state index contributed by atoms with van der Waals surface area (Å²) in [4.78, 5) is 16.8. The minimum Gasteiger partial charge on any atom is -0.434 e. The predicted octanol–water partition coefficient (Wildman–Crippen LogP) is 4.40. The second-order valence-electron chi connectivity index (χ2n) is 7.08. The molecule has 29 heavy (non-hydrogen) atoms. The van der Waals surface area contributed by atoms with Gasteiger partial charge in [0.25, 0.3) is 5.91 Å². The highest BCUT2D eigenvalue weighted by Gasteiger charge is 2.25. The summed E-state index contributed by atoms with van der Waals surface area (Å²) in [6.07, 6.45) is 0. The van der Waals surface area contributed by atoms with E-state index in [-0.39, 0.29) is 17.2 Å². The Morgan fingerprint density at radius 3 is 2.38 bits per heavy atom. The first kappa shape index (κ1) is 19.3. The van der Waals surface area contributed by atoms with Crippen molar-refractivity contribution in [3.8, 4) is 5.75 Å². The monoisotopic (exact) mass is 396 g/mol. The van der Waals surface area contributed by atoms with Crippen LogP contribution in [0.15, 0.2) is 66.7 Å². The van der Waals surface area contributed by atoms with Gasteiger partial charge in [0, 0.05) is 32.7 Å². The molecule has 6 heteroatoms. The van der Waals surface area contributed by atoms with Crippen molar-refractivity contribution in [2.24, 2.45) is 0 Å². The van der Waals surface area contributed by atoms with Gasteiger partial charge in [-0.2, -0.15) is 8.78 Å². The summed E-state index contributed by atoms with van der Waals surface area (Å²) in [6.45, 7) is 0.411. The van der Waals surface area contributed by atoms with Gasteiger partial charge in [0.05, 0.1) is 5.56 Å². The Labute approximate surface area is 168 Å². The molecule has 4 rings (SSSR count). The summed E-state index contributed by atoms with van der Waals surface area (Å²) in [6, 6.07) is 20.8. The number of nitrogens with zero attached hydrogens (tertiary/aromatic N) is 2. The molecule has 0 bridgehead atoms. The van der Waals surface area contributed by atoms with Gasteiger partial charge in [-0.3, -0.25) is 9.69 Å². The molecule has 1 heterocycles. The zero-order valence-electron chi connectivity index (χ0n) is 15.9. The highest BCUT2D eigenvalue weighted by atomic mass is 19.3. The third kappa shape index (κ3) is 4.38. The number of ether oxygens (including phenoxy) is 1. The quantitative estimate of drug-likeness (QED) is 0.641. The fraction of sp³-hybridized carbons (Fsp3) is 0.261. The summed E-state index contributed by atoms with van der Waals surface area (Å²) < 4.78 is 29.8. The first-order chi connectivity index (χ1) is 14.1. The van der Waals surface area contributed by atoms with Crippen molar-refractivity contribution >= 4 is 16.7 Å². The number of carbonyl (C=O) groups excluding carboxylic acids is 1. The minimum absolute atomic E-state index is 0.0781. The number of hydrogen-bond acceptors (Lipinski definition) is 3. The van der Waals surface area contributed by atoms with Crippen molar-refractivity contribution in [3.05, 3.63) is 77.9 Å². The number of piperazine rings is 1. The van der Waals surface area contributed by atoms with Crippen LogP contribution in [0.3, 0.4) is 0 Å². The Morgan fingerprint density at radius 2 is 1.59 bits per heavy atom. The lowest BCUT2D eigenvalue weighted by Gasteiger charge is -2.35. The maximum Gasteiger partial charge on any atom is 0.387 e. The molecule has 3 aromatic carbocycles. The van der Waals surface area contributed by atoms with Gasteiger partial charge in [0.1, 0.15) is 5.75 Å². The Kier molecular flexibility index (Phi) is 5.71. The fourth-order valence-electron chi connectivity index (χ4n) is 3.79. The lowest BCUT2D eigenvalue weighted by molar-refractivity contribution is -0.0503. The van der Waals surface area contributed by atoms with Crippen LogP contribution in [0.25, 0.3) is 10.8 Å². The van der Waals surface area contributed by atoms with Crippen molar-refractivity contribution in [2.75, 3.05) is 26.2 Å². The van der Waals surface area contributed by atoms with Gasteiger partial charge in [-0.15, -0.1) is 0 Å². The Hall–Kier alpha value is -2.99. The van der Waals surface area contributed by atoms with E-state index in [0.29, 0.717) is 13.1 Å². The largest absolute Gasteiger partial charge is 0.434 e. The molecule has 0 unspecified atom stereocenters. The molecular weight excluding hydrogens is 374 g/mol. The van der Waals surface area contributed by atoms with Crippen LogP contribution in [0.5, 0.6) is 5.75 Å². The van der Waals surface area contributed by atoms with Crippen molar-refractivity contribution < 1.29 is 18.3 Å². The number of benzene rings is 3. The first-order valence-corrected chi connectivity index (χ1v) is 9.64. The molecular formula is C23H22F2N2O2. The average Bonchev–Trinajstić information content (AvgIpc) is 2.74. The lowest BCUT2D eigenvalue weighted by Crippen LogP contribution is -2.48. The lowest BCUT2D eigenvalue weighted by atomic mass is 10.0. The Morgan fingerprint density at radius 1 is 0.897 bits per heavy atom. The predicted molar refractivity (Wildman–Crippen MR) is 108 cm³/mol. The number of amides is 1. The van der Waals surface area contributed by atoms with Gasteiger partial charge in [-0.05, 0) is 28.5 Å². The number of rotatable bonds is 5. The average molecular weight is 396 g/mol. The van der Waals surface area contributed by atoms with Crippen molar-refractivity contribution in [3.63, 3.8) is 0 Å². The highest BCUT2D eigenvalue weighted by molar-refractivity contribution is 5.97. The topological polar surface area (TPSA) is 32.8 Å². The number of halogens is 2. The molecule has 1 aliphatic heterocycles.